The van der Waals surface area contributed by atoms with Crippen LogP contribution in [0.2, 0.25) is 0 Å². The molecule has 4 nitrogen and oxygen atoms in total. The van der Waals surface area contributed by atoms with Crippen LogP contribution in [-0.4, -0.2) is 38.3 Å². The van der Waals surface area contributed by atoms with Crippen molar-refractivity contribution >= 4 is 5.91 Å². The molecule has 0 spiro atoms. The minimum absolute atomic E-state index is 0.0457. The summed E-state index contributed by atoms with van der Waals surface area (Å²) in [6, 6.07) is 0. The molecule has 3 unspecified atom stereocenters. The van der Waals surface area contributed by atoms with Crippen molar-refractivity contribution in [2.75, 3.05) is 26.8 Å². The van der Waals surface area contributed by atoms with Gasteiger partial charge in [0.15, 0.2) is 0 Å². The van der Waals surface area contributed by atoms with E-state index in [1.54, 1.807) is 7.11 Å². The molecule has 2 aliphatic rings. The summed E-state index contributed by atoms with van der Waals surface area (Å²) in [6.45, 7) is 8.61. The zero-order valence-electron chi connectivity index (χ0n) is 12.7. The van der Waals surface area contributed by atoms with Crippen molar-refractivity contribution in [3.05, 3.63) is 0 Å². The summed E-state index contributed by atoms with van der Waals surface area (Å²) in [4.78, 5) is 12.1. The third kappa shape index (κ3) is 2.52. The molecule has 0 saturated heterocycles. The van der Waals surface area contributed by atoms with Gasteiger partial charge in [0.2, 0.25) is 5.91 Å². The first-order valence-electron chi connectivity index (χ1n) is 7.42. The molecule has 2 bridgehead atoms. The maximum Gasteiger partial charge on any atom is 0.234 e. The molecule has 4 heteroatoms. The predicted octanol–water partition coefficient (Wildman–Crippen LogP) is 1.55. The number of nitrogens with one attached hydrogen (secondary N) is 2. The third-order valence-corrected chi connectivity index (χ3v) is 5.78. The van der Waals surface area contributed by atoms with E-state index in [0.717, 1.165) is 12.5 Å². The maximum atomic E-state index is 12.1. The average molecular weight is 268 g/mol. The van der Waals surface area contributed by atoms with Gasteiger partial charge in [-0.25, -0.2) is 0 Å². The maximum absolute atomic E-state index is 12.1. The van der Waals surface area contributed by atoms with Crippen molar-refractivity contribution in [2.24, 2.45) is 17.3 Å². The summed E-state index contributed by atoms with van der Waals surface area (Å²) >= 11 is 0. The van der Waals surface area contributed by atoms with Crippen molar-refractivity contribution in [2.45, 2.75) is 45.6 Å². The molecule has 2 saturated carbocycles. The smallest absolute Gasteiger partial charge is 0.234 e. The van der Waals surface area contributed by atoms with Gasteiger partial charge < -0.3 is 15.4 Å². The quantitative estimate of drug-likeness (QED) is 0.719. The number of hydrogen-bond acceptors (Lipinski definition) is 3. The van der Waals surface area contributed by atoms with Crippen molar-refractivity contribution in [3.8, 4) is 0 Å². The van der Waals surface area contributed by atoms with Gasteiger partial charge in [-0.2, -0.15) is 0 Å². The molecule has 19 heavy (non-hydrogen) atoms. The number of amides is 1. The topological polar surface area (TPSA) is 50.4 Å². The summed E-state index contributed by atoms with van der Waals surface area (Å²) in [5, 5.41) is 6.42. The number of rotatable bonds is 6. The van der Waals surface area contributed by atoms with Crippen molar-refractivity contribution in [3.63, 3.8) is 0 Å². The second kappa shape index (κ2) is 5.41. The molecule has 2 rings (SSSR count). The summed E-state index contributed by atoms with van der Waals surface area (Å²) in [7, 11) is 1.67. The fourth-order valence-corrected chi connectivity index (χ4v) is 4.08. The Balaban J connectivity index is 1.89. The standard InChI is InChI=1S/C15H28N2O2/c1-14(2)11-5-6-12(9-11)15(14,3)17-13(18)10-16-7-8-19-4/h11-12,16H,5-10H2,1-4H3,(H,17,18). The van der Waals surface area contributed by atoms with E-state index >= 15 is 0 Å². The molecular weight excluding hydrogens is 240 g/mol. The minimum atomic E-state index is -0.0457. The van der Waals surface area contributed by atoms with Crippen molar-refractivity contribution in [1.82, 2.24) is 10.6 Å². The molecule has 0 aromatic carbocycles. The lowest BCUT2D eigenvalue weighted by molar-refractivity contribution is -0.124. The first-order chi connectivity index (χ1) is 8.91. The van der Waals surface area contributed by atoms with E-state index in [2.05, 4.69) is 31.4 Å². The summed E-state index contributed by atoms with van der Waals surface area (Å²) < 4.78 is 4.96. The number of ether oxygens (including phenoxy) is 1. The zero-order valence-corrected chi connectivity index (χ0v) is 12.7. The van der Waals surface area contributed by atoms with E-state index in [1.165, 1.54) is 19.3 Å². The van der Waals surface area contributed by atoms with Crippen LogP contribution < -0.4 is 10.6 Å². The van der Waals surface area contributed by atoms with E-state index in [1.807, 2.05) is 0 Å². The first-order valence-corrected chi connectivity index (χ1v) is 7.42. The fourth-order valence-electron chi connectivity index (χ4n) is 4.08. The van der Waals surface area contributed by atoms with Crippen LogP contribution in [0, 0.1) is 17.3 Å². The van der Waals surface area contributed by atoms with Gasteiger partial charge in [0, 0.05) is 19.2 Å². The monoisotopic (exact) mass is 268 g/mol. The second-order valence-electron chi connectivity index (χ2n) is 6.85. The molecule has 0 aromatic rings. The van der Waals surface area contributed by atoms with Gasteiger partial charge in [0.1, 0.15) is 0 Å². The number of methoxy groups -OCH3 is 1. The first kappa shape index (κ1) is 14.8. The van der Waals surface area contributed by atoms with Gasteiger partial charge in [0.25, 0.3) is 0 Å². The number of fused-ring (bicyclic) bond motifs is 2. The lowest BCUT2D eigenvalue weighted by Crippen LogP contribution is -2.60. The molecular formula is C15H28N2O2. The fraction of sp³-hybridized carbons (Fsp3) is 0.933. The van der Waals surface area contributed by atoms with Crippen molar-refractivity contribution in [1.29, 1.82) is 0 Å². The molecule has 1 amide bonds. The highest BCUT2D eigenvalue weighted by atomic mass is 16.5. The zero-order chi connectivity index (χ0) is 14.1. The van der Waals surface area contributed by atoms with E-state index in [0.29, 0.717) is 19.1 Å². The molecule has 0 radical (unpaired) electrons. The summed E-state index contributed by atoms with van der Waals surface area (Å²) in [5.74, 6) is 1.53. The van der Waals surface area contributed by atoms with Crippen LogP contribution >= 0.6 is 0 Å². The Morgan fingerprint density at radius 2 is 1.95 bits per heavy atom. The Hall–Kier alpha value is -0.610. The van der Waals surface area contributed by atoms with E-state index in [9.17, 15) is 4.79 Å². The van der Waals surface area contributed by atoms with Crippen LogP contribution in [0.1, 0.15) is 40.0 Å². The Morgan fingerprint density at radius 3 is 2.53 bits per heavy atom. The highest BCUT2D eigenvalue weighted by molar-refractivity contribution is 5.79. The second-order valence-corrected chi connectivity index (χ2v) is 6.85. The van der Waals surface area contributed by atoms with Crippen LogP contribution in [0.3, 0.4) is 0 Å². The molecule has 0 aromatic heterocycles. The Bertz CT molecular complexity index is 343. The van der Waals surface area contributed by atoms with Gasteiger partial charge in [-0.15, -0.1) is 0 Å². The minimum Gasteiger partial charge on any atom is -0.383 e. The number of carbonyl (C=O) groups excluding carboxylic acids is 1. The lowest BCUT2D eigenvalue weighted by Gasteiger charge is -2.48. The summed E-state index contributed by atoms with van der Waals surface area (Å²) in [6.07, 6.45) is 3.87. The van der Waals surface area contributed by atoms with Crippen LogP contribution in [0.15, 0.2) is 0 Å². The van der Waals surface area contributed by atoms with Gasteiger partial charge >= 0.3 is 0 Å². The van der Waals surface area contributed by atoms with Crippen LogP contribution in [0.4, 0.5) is 0 Å². The molecule has 2 fully saturated rings. The van der Waals surface area contributed by atoms with Gasteiger partial charge in [0.05, 0.1) is 13.2 Å². The number of hydrogen-bond donors (Lipinski definition) is 2. The predicted molar refractivity (Wildman–Crippen MR) is 75.9 cm³/mol. The summed E-state index contributed by atoms with van der Waals surface area (Å²) in [5.41, 5.74) is 0.161. The largest absolute Gasteiger partial charge is 0.383 e. The van der Waals surface area contributed by atoms with Gasteiger partial charge in [-0.3, -0.25) is 4.79 Å². The average Bonchev–Trinajstić information content (AvgIpc) is 2.89. The van der Waals surface area contributed by atoms with E-state index < -0.39 is 0 Å². The van der Waals surface area contributed by atoms with Crippen LogP contribution in [-0.2, 0) is 9.53 Å². The Kier molecular flexibility index (Phi) is 4.21. The molecule has 0 aliphatic heterocycles. The third-order valence-electron chi connectivity index (χ3n) is 5.78. The normalized spacial score (nSPS) is 35.6. The lowest BCUT2D eigenvalue weighted by atomic mass is 9.64. The SMILES string of the molecule is COCCNCC(=O)NC1(C)C2CCC(C2)C1(C)C. The number of carbonyl (C=O) groups is 1. The highest BCUT2D eigenvalue weighted by Gasteiger charge is 2.60. The molecule has 110 valence electrons. The Morgan fingerprint density at radius 1 is 1.26 bits per heavy atom. The van der Waals surface area contributed by atoms with E-state index in [4.69, 9.17) is 4.74 Å². The van der Waals surface area contributed by atoms with Crippen LogP contribution in [0.5, 0.6) is 0 Å². The Labute approximate surface area is 116 Å². The van der Waals surface area contributed by atoms with Gasteiger partial charge in [-0.1, -0.05) is 13.8 Å². The highest BCUT2D eigenvalue weighted by Crippen LogP contribution is 2.61. The molecule has 0 heterocycles. The molecule has 2 N–H and O–H groups in total. The molecule has 2 aliphatic carbocycles. The molecule has 3 atom stereocenters. The van der Waals surface area contributed by atoms with Crippen molar-refractivity contribution < 1.29 is 9.53 Å². The van der Waals surface area contributed by atoms with Gasteiger partial charge in [-0.05, 0) is 43.4 Å². The van der Waals surface area contributed by atoms with E-state index in [-0.39, 0.29) is 16.9 Å². The van der Waals surface area contributed by atoms with Crippen LogP contribution in [0.25, 0.3) is 0 Å².